The predicted molar refractivity (Wildman–Crippen MR) is 71.9 cm³/mol. The van der Waals surface area contributed by atoms with Gasteiger partial charge in [0, 0.05) is 5.56 Å². The molecule has 0 aliphatic rings. The van der Waals surface area contributed by atoms with Gasteiger partial charge in [0.05, 0.1) is 6.04 Å². The highest BCUT2D eigenvalue weighted by molar-refractivity contribution is 6.05. The molecule has 1 aromatic heterocycles. The molecule has 0 radical (unpaired) electrons. The first-order valence-corrected chi connectivity index (χ1v) is 6.06. The lowest BCUT2D eigenvalue weighted by Gasteiger charge is -2.24. The monoisotopic (exact) mass is 267 g/mol. The molecule has 0 fully saturated rings. The number of amides is 1. The van der Waals surface area contributed by atoms with Crippen LogP contribution in [0.1, 0.15) is 43.9 Å². The molecule has 0 aromatic carbocycles. The zero-order valence-corrected chi connectivity index (χ0v) is 11.9. The summed E-state index contributed by atoms with van der Waals surface area (Å²) in [7, 11) is 0. The summed E-state index contributed by atoms with van der Waals surface area (Å²) >= 11 is 0. The maximum absolute atomic E-state index is 12.2. The molecule has 1 atom stereocenters. The molecule has 1 aromatic rings. The fraction of sp³-hybridized carbons (Fsp3) is 0.538. The number of carbonyl (C=O) groups is 1. The summed E-state index contributed by atoms with van der Waals surface area (Å²) in [5, 5.41) is 14.4. The van der Waals surface area contributed by atoms with E-state index in [1.807, 2.05) is 26.8 Å². The molecule has 0 aliphatic heterocycles. The maximum atomic E-state index is 12.2. The quantitative estimate of drug-likeness (QED) is 0.335. The summed E-state index contributed by atoms with van der Waals surface area (Å²) in [4.78, 5) is 12.2. The summed E-state index contributed by atoms with van der Waals surface area (Å²) in [6, 6.07) is 1.67. The molecular weight excluding hydrogens is 246 g/mol. The van der Waals surface area contributed by atoms with E-state index in [2.05, 4.69) is 10.5 Å². The van der Waals surface area contributed by atoms with Crippen molar-refractivity contribution in [3.8, 4) is 0 Å². The van der Waals surface area contributed by atoms with E-state index in [0.717, 1.165) is 17.1 Å². The number of carbonyl (C=O) groups excluding carboxylic acids is 1. The molecule has 0 bridgehead atoms. The van der Waals surface area contributed by atoms with Crippen LogP contribution in [0.3, 0.4) is 0 Å². The van der Waals surface area contributed by atoms with E-state index in [1.54, 1.807) is 13.8 Å². The molecule has 6 heteroatoms. The van der Waals surface area contributed by atoms with E-state index < -0.39 is 5.41 Å². The van der Waals surface area contributed by atoms with Crippen molar-refractivity contribution in [2.24, 2.45) is 16.3 Å². The summed E-state index contributed by atoms with van der Waals surface area (Å²) < 4.78 is 5.43. The standard InChI is InChI=1S/C13H21N3O3/c1-7-6-10(9(3)19-7)8(2)15-12(17)13(4,5)11(14)16-18/h6,8,18H,1-5H3,(H2,14,16)(H,15,17). The number of nitrogens with zero attached hydrogens (tertiary/aromatic N) is 1. The zero-order valence-electron chi connectivity index (χ0n) is 11.9. The molecule has 0 spiro atoms. The van der Waals surface area contributed by atoms with Crippen molar-refractivity contribution >= 4 is 11.7 Å². The number of hydrogen-bond acceptors (Lipinski definition) is 4. The molecule has 6 nitrogen and oxygen atoms in total. The predicted octanol–water partition coefficient (Wildman–Crippen LogP) is 1.85. The Morgan fingerprint density at radius 3 is 2.53 bits per heavy atom. The largest absolute Gasteiger partial charge is 0.466 e. The lowest BCUT2D eigenvalue weighted by molar-refractivity contribution is -0.127. The van der Waals surface area contributed by atoms with Crippen molar-refractivity contribution in [3.05, 3.63) is 23.2 Å². The fourth-order valence-electron chi connectivity index (χ4n) is 1.78. The number of nitrogens with two attached hydrogens (primary N) is 1. The number of oxime groups is 1. The van der Waals surface area contributed by atoms with E-state index >= 15 is 0 Å². The van der Waals surface area contributed by atoms with Gasteiger partial charge >= 0.3 is 0 Å². The van der Waals surface area contributed by atoms with Crippen LogP contribution < -0.4 is 11.1 Å². The maximum Gasteiger partial charge on any atom is 0.233 e. The first-order chi connectivity index (χ1) is 8.70. The van der Waals surface area contributed by atoms with E-state index in [-0.39, 0.29) is 17.8 Å². The second-order valence-corrected chi connectivity index (χ2v) is 5.17. The van der Waals surface area contributed by atoms with Gasteiger partial charge in [0.2, 0.25) is 5.91 Å². The van der Waals surface area contributed by atoms with Gasteiger partial charge < -0.3 is 20.7 Å². The van der Waals surface area contributed by atoms with Gasteiger partial charge in [-0.3, -0.25) is 4.79 Å². The molecule has 1 heterocycles. The van der Waals surface area contributed by atoms with Crippen LogP contribution >= 0.6 is 0 Å². The Balaban J connectivity index is 2.86. The normalized spacial score (nSPS) is 14.3. The molecule has 1 unspecified atom stereocenters. The van der Waals surface area contributed by atoms with E-state index in [0.29, 0.717) is 0 Å². The Morgan fingerprint density at radius 1 is 1.53 bits per heavy atom. The summed E-state index contributed by atoms with van der Waals surface area (Å²) in [5.74, 6) is 1.13. The molecule has 1 amide bonds. The van der Waals surface area contributed by atoms with Crippen LogP contribution in [0.4, 0.5) is 0 Å². The molecule has 0 saturated carbocycles. The SMILES string of the molecule is Cc1cc(C(C)NC(=O)C(C)(C)C(N)=NO)c(C)o1. The second kappa shape index (κ2) is 5.34. The highest BCUT2D eigenvalue weighted by Gasteiger charge is 2.34. The third-order valence-electron chi connectivity index (χ3n) is 3.21. The van der Waals surface area contributed by atoms with Crippen molar-refractivity contribution in [1.82, 2.24) is 5.32 Å². The number of rotatable bonds is 4. The van der Waals surface area contributed by atoms with Gasteiger partial charge in [-0.1, -0.05) is 5.16 Å². The van der Waals surface area contributed by atoms with Crippen molar-refractivity contribution in [1.29, 1.82) is 0 Å². The average molecular weight is 267 g/mol. The van der Waals surface area contributed by atoms with E-state index in [4.69, 9.17) is 15.4 Å². The minimum absolute atomic E-state index is 0.128. The second-order valence-electron chi connectivity index (χ2n) is 5.17. The fourth-order valence-corrected chi connectivity index (χ4v) is 1.78. The van der Waals surface area contributed by atoms with Crippen molar-refractivity contribution < 1.29 is 14.4 Å². The van der Waals surface area contributed by atoms with Crippen LogP contribution in [0.2, 0.25) is 0 Å². The number of furan rings is 1. The molecule has 19 heavy (non-hydrogen) atoms. The van der Waals surface area contributed by atoms with E-state index in [1.165, 1.54) is 0 Å². The molecule has 106 valence electrons. The molecule has 4 N–H and O–H groups in total. The van der Waals surface area contributed by atoms with Crippen LogP contribution in [0, 0.1) is 19.3 Å². The van der Waals surface area contributed by atoms with Crippen LogP contribution in [0.15, 0.2) is 15.6 Å². The number of hydrogen-bond donors (Lipinski definition) is 3. The first-order valence-electron chi connectivity index (χ1n) is 6.06. The van der Waals surface area contributed by atoms with Crippen LogP contribution in [-0.4, -0.2) is 17.0 Å². The Kier molecular flexibility index (Phi) is 4.24. The van der Waals surface area contributed by atoms with Crippen LogP contribution in [0.5, 0.6) is 0 Å². The third kappa shape index (κ3) is 3.07. The molecule has 0 aliphatic carbocycles. The van der Waals surface area contributed by atoms with Crippen molar-refractivity contribution in [2.45, 2.75) is 40.7 Å². The lowest BCUT2D eigenvalue weighted by atomic mass is 9.90. The van der Waals surface area contributed by atoms with Gasteiger partial charge in [-0.05, 0) is 40.7 Å². The topological polar surface area (TPSA) is 101 Å². The van der Waals surface area contributed by atoms with Crippen molar-refractivity contribution in [2.75, 3.05) is 0 Å². The number of nitrogens with one attached hydrogen (secondary N) is 1. The number of amidine groups is 1. The highest BCUT2D eigenvalue weighted by atomic mass is 16.4. The van der Waals surface area contributed by atoms with Gasteiger partial charge in [0.15, 0.2) is 5.84 Å². The first kappa shape index (κ1) is 15.1. The van der Waals surface area contributed by atoms with Crippen LogP contribution in [-0.2, 0) is 4.79 Å². The summed E-state index contributed by atoms with van der Waals surface area (Å²) in [6.07, 6.45) is 0. The average Bonchev–Trinajstić information content (AvgIpc) is 2.67. The lowest BCUT2D eigenvalue weighted by Crippen LogP contribution is -2.46. The summed E-state index contributed by atoms with van der Waals surface area (Å²) in [6.45, 7) is 8.75. The third-order valence-corrected chi connectivity index (χ3v) is 3.21. The molecule has 1 rings (SSSR count). The van der Waals surface area contributed by atoms with Gasteiger partial charge in [-0.15, -0.1) is 0 Å². The Hall–Kier alpha value is -1.98. The van der Waals surface area contributed by atoms with Gasteiger partial charge in [-0.2, -0.15) is 0 Å². The minimum atomic E-state index is -1.07. The minimum Gasteiger partial charge on any atom is -0.466 e. The zero-order chi connectivity index (χ0) is 14.8. The van der Waals surface area contributed by atoms with Crippen molar-refractivity contribution in [3.63, 3.8) is 0 Å². The summed E-state index contributed by atoms with van der Waals surface area (Å²) in [5.41, 5.74) is 5.36. The Morgan fingerprint density at radius 2 is 2.11 bits per heavy atom. The van der Waals surface area contributed by atoms with E-state index in [9.17, 15) is 4.79 Å². The highest BCUT2D eigenvalue weighted by Crippen LogP contribution is 2.23. The van der Waals surface area contributed by atoms with Gasteiger partial charge in [0.25, 0.3) is 0 Å². The Bertz CT molecular complexity index is 503. The molecular formula is C13H21N3O3. The Labute approximate surface area is 112 Å². The van der Waals surface area contributed by atoms with Crippen LogP contribution in [0.25, 0.3) is 0 Å². The van der Waals surface area contributed by atoms with Gasteiger partial charge in [0.1, 0.15) is 16.9 Å². The van der Waals surface area contributed by atoms with Gasteiger partial charge in [-0.25, -0.2) is 0 Å². The number of aryl methyl sites for hydroxylation is 2. The smallest absolute Gasteiger partial charge is 0.233 e. The molecule has 0 saturated heterocycles.